The van der Waals surface area contributed by atoms with Crippen molar-refractivity contribution in [1.82, 2.24) is 4.57 Å². The van der Waals surface area contributed by atoms with E-state index in [1.54, 1.807) is 39.0 Å². The van der Waals surface area contributed by atoms with Gasteiger partial charge in [0.1, 0.15) is 6.61 Å². The summed E-state index contributed by atoms with van der Waals surface area (Å²) < 4.78 is 19.3. The van der Waals surface area contributed by atoms with Gasteiger partial charge in [-0.05, 0) is 73.4 Å². The first-order valence-electron chi connectivity index (χ1n) is 15.5. The highest BCUT2D eigenvalue weighted by Gasteiger charge is 2.34. The van der Waals surface area contributed by atoms with Crippen molar-refractivity contribution in [3.63, 3.8) is 0 Å². The van der Waals surface area contributed by atoms with Gasteiger partial charge < -0.3 is 14.2 Å². The molecule has 2 heterocycles. The molecule has 0 spiro atoms. The van der Waals surface area contributed by atoms with Crippen LogP contribution in [0.5, 0.6) is 11.5 Å². The smallest absolute Gasteiger partial charge is 0.338 e. The Bertz CT molecular complexity index is 2280. The molecule has 0 bridgehead atoms. The molecule has 244 valence electrons. The van der Waals surface area contributed by atoms with Gasteiger partial charge in [-0.1, -0.05) is 72.0 Å². The Kier molecular flexibility index (Phi) is 9.22. The molecule has 10 nitrogen and oxygen atoms in total. The fourth-order valence-corrected chi connectivity index (χ4v) is 6.87. The molecule has 4 aromatic carbocycles. The van der Waals surface area contributed by atoms with Crippen molar-refractivity contribution in [2.45, 2.75) is 40.3 Å². The van der Waals surface area contributed by atoms with Gasteiger partial charge in [0, 0.05) is 11.6 Å². The fourth-order valence-electron chi connectivity index (χ4n) is 5.83. The average Bonchev–Trinajstić information content (AvgIpc) is 3.37. The number of hydrogen-bond donors (Lipinski definition) is 0. The van der Waals surface area contributed by atoms with E-state index in [2.05, 4.69) is 23.2 Å². The Labute approximate surface area is 280 Å². The number of allylic oxidation sites excluding steroid dienone is 1. The molecule has 0 saturated heterocycles. The second-order valence-electron chi connectivity index (χ2n) is 11.2. The minimum atomic E-state index is -0.967. The molecule has 0 radical (unpaired) electrons. The molecule has 0 N–H and O–H groups in total. The van der Waals surface area contributed by atoms with E-state index in [9.17, 15) is 19.7 Å². The number of ether oxygens (including phenoxy) is 3. The van der Waals surface area contributed by atoms with Crippen molar-refractivity contribution >= 4 is 39.8 Å². The molecule has 0 amide bonds. The van der Waals surface area contributed by atoms with Crippen LogP contribution in [0, 0.1) is 17.0 Å². The van der Waals surface area contributed by atoms with Crippen molar-refractivity contribution in [3.05, 3.63) is 142 Å². The second kappa shape index (κ2) is 13.7. The van der Waals surface area contributed by atoms with Gasteiger partial charge >= 0.3 is 5.97 Å². The van der Waals surface area contributed by atoms with Gasteiger partial charge in [-0.25, -0.2) is 9.79 Å². The lowest BCUT2D eigenvalue weighted by molar-refractivity contribution is -0.385. The van der Waals surface area contributed by atoms with Gasteiger partial charge in [-0.2, -0.15) is 0 Å². The highest BCUT2D eigenvalue weighted by atomic mass is 32.1. The topological polar surface area (TPSA) is 122 Å². The first kappa shape index (κ1) is 32.4. The van der Waals surface area contributed by atoms with E-state index in [-0.39, 0.29) is 17.9 Å². The zero-order valence-corrected chi connectivity index (χ0v) is 27.7. The van der Waals surface area contributed by atoms with Crippen LogP contribution in [0.3, 0.4) is 0 Å². The number of aryl methyl sites for hydroxylation is 1. The number of aromatic nitrogens is 1. The molecular weight excluding hydrogens is 630 g/mol. The number of carbonyl (C=O) groups is 1. The molecule has 0 unspecified atom stereocenters. The third kappa shape index (κ3) is 6.24. The van der Waals surface area contributed by atoms with Gasteiger partial charge in [-0.15, -0.1) is 0 Å². The predicted octanol–water partition coefficient (Wildman–Crippen LogP) is 6.15. The summed E-state index contributed by atoms with van der Waals surface area (Å²) in [6.07, 6.45) is 1.73. The fraction of sp³-hybridized carbons (Fsp3) is 0.216. The number of thiazole rings is 1. The van der Waals surface area contributed by atoms with Crippen molar-refractivity contribution in [3.8, 4) is 11.5 Å². The van der Waals surface area contributed by atoms with E-state index in [0.29, 0.717) is 56.4 Å². The number of rotatable bonds is 10. The monoisotopic (exact) mass is 663 g/mol. The van der Waals surface area contributed by atoms with Crippen LogP contribution >= 0.6 is 11.3 Å². The molecule has 5 aromatic rings. The largest absolute Gasteiger partial charge is 0.490 e. The standard InChI is InChI=1S/C37H33N3O7S/c1-5-45-31-18-24(15-17-30(31)47-21-27-12-9-11-25-10-7-8-13-28(25)27)19-32-35(41)39-34(26-16-14-22(3)29(20-26)40(43)44)33(36(42)46-6-2)23(4)38-37(39)48-32/h7-20,34H,5-6,21H2,1-4H3/b32-19+/t34-/m1/s1. The number of hydrogen-bond acceptors (Lipinski definition) is 9. The highest BCUT2D eigenvalue weighted by molar-refractivity contribution is 7.07. The Morgan fingerprint density at radius 2 is 1.77 bits per heavy atom. The second-order valence-corrected chi connectivity index (χ2v) is 12.2. The quantitative estimate of drug-likeness (QED) is 0.0999. The lowest BCUT2D eigenvalue weighted by Crippen LogP contribution is -2.40. The molecular formula is C37H33N3O7S. The summed E-state index contributed by atoms with van der Waals surface area (Å²) in [5, 5.41) is 14.1. The molecule has 11 heteroatoms. The Balaban J connectivity index is 1.40. The Morgan fingerprint density at radius 1 is 0.979 bits per heavy atom. The molecule has 6 rings (SSSR count). The van der Waals surface area contributed by atoms with Crippen molar-refractivity contribution in [2.24, 2.45) is 4.99 Å². The van der Waals surface area contributed by atoms with Gasteiger partial charge in [0.05, 0.1) is 40.0 Å². The van der Waals surface area contributed by atoms with Crippen molar-refractivity contribution in [2.75, 3.05) is 13.2 Å². The minimum absolute atomic E-state index is 0.112. The predicted molar refractivity (Wildman–Crippen MR) is 184 cm³/mol. The molecule has 1 atom stereocenters. The molecule has 48 heavy (non-hydrogen) atoms. The van der Waals surface area contributed by atoms with E-state index in [1.807, 2.05) is 49.4 Å². The number of benzene rings is 4. The van der Waals surface area contributed by atoms with Crippen LogP contribution in [0.1, 0.15) is 49.1 Å². The third-order valence-electron chi connectivity index (χ3n) is 8.09. The minimum Gasteiger partial charge on any atom is -0.490 e. The first-order valence-corrected chi connectivity index (χ1v) is 16.3. The number of esters is 1. The van der Waals surface area contributed by atoms with Crippen LogP contribution in [-0.4, -0.2) is 28.7 Å². The van der Waals surface area contributed by atoms with Crippen molar-refractivity contribution < 1.29 is 23.9 Å². The molecule has 0 fully saturated rings. The zero-order chi connectivity index (χ0) is 33.9. The van der Waals surface area contributed by atoms with Crippen LogP contribution in [0.2, 0.25) is 0 Å². The summed E-state index contributed by atoms with van der Waals surface area (Å²) >= 11 is 1.17. The van der Waals surface area contributed by atoms with Gasteiger partial charge in [0.2, 0.25) is 0 Å². The van der Waals surface area contributed by atoms with Crippen LogP contribution in [0.15, 0.2) is 99.9 Å². The lowest BCUT2D eigenvalue weighted by Gasteiger charge is -2.24. The van der Waals surface area contributed by atoms with E-state index in [4.69, 9.17) is 14.2 Å². The molecule has 1 aromatic heterocycles. The molecule has 1 aliphatic rings. The van der Waals surface area contributed by atoms with E-state index in [1.165, 1.54) is 22.0 Å². The Morgan fingerprint density at radius 3 is 2.54 bits per heavy atom. The highest BCUT2D eigenvalue weighted by Crippen LogP contribution is 2.34. The van der Waals surface area contributed by atoms with Gasteiger partial charge in [-0.3, -0.25) is 19.5 Å². The summed E-state index contributed by atoms with van der Waals surface area (Å²) in [5.74, 6) is 0.463. The van der Waals surface area contributed by atoms with Crippen LogP contribution < -0.4 is 24.4 Å². The summed E-state index contributed by atoms with van der Waals surface area (Å²) in [6, 6.07) is 23.5. The Hall–Kier alpha value is -5.55. The average molecular weight is 664 g/mol. The number of carbonyl (C=O) groups excluding carboxylic acids is 1. The summed E-state index contributed by atoms with van der Waals surface area (Å²) in [4.78, 5) is 43.6. The number of nitrogens with zero attached hydrogens (tertiary/aromatic N) is 3. The maximum Gasteiger partial charge on any atom is 0.338 e. The maximum atomic E-state index is 14.1. The van der Waals surface area contributed by atoms with E-state index in [0.717, 1.165) is 16.3 Å². The summed E-state index contributed by atoms with van der Waals surface area (Å²) in [5.41, 5.74) is 2.64. The van der Waals surface area contributed by atoms with Crippen LogP contribution in [-0.2, 0) is 16.1 Å². The molecule has 0 aliphatic carbocycles. The van der Waals surface area contributed by atoms with E-state index >= 15 is 0 Å². The molecule has 1 aliphatic heterocycles. The molecule has 0 saturated carbocycles. The zero-order valence-electron chi connectivity index (χ0n) is 26.9. The maximum absolute atomic E-state index is 14.1. The number of nitro groups is 1. The summed E-state index contributed by atoms with van der Waals surface area (Å²) in [6.45, 7) is 7.75. The van der Waals surface area contributed by atoms with Gasteiger partial charge in [0.15, 0.2) is 16.3 Å². The number of nitro benzene ring substituents is 1. The van der Waals surface area contributed by atoms with E-state index < -0.39 is 22.5 Å². The first-order chi connectivity index (χ1) is 23.2. The lowest BCUT2D eigenvalue weighted by atomic mass is 9.94. The van der Waals surface area contributed by atoms with Gasteiger partial charge in [0.25, 0.3) is 11.2 Å². The normalized spacial score (nSPS) is 14.4. The van der Waals surface area contributed by atoms with Crippen LogP contribution in [0.25, 0.3) is 16.8 Å². The van der Waals surface area contributed by atoms with Crippen molar-refractivity contribution in [1.29, 1.82) is 0 Å². The number of fused-ring (bicyclic) bond motifs is 2. The third-order valence-corrected chi connectivity index (χ3v) is 9.07. The summed E-state index contributed by atoms with van der Waals surface area (Å²) in [7, 11) is 0. The SMILES string of the molecule is CCOC(=O)C1=C(C)N=c2s/c(=C/c3ccc(OCc4cccc5ccccc45)c(OCC)c3)c(=O)n2[C@@H]1c1ccc(C)c([N+](=O)[O-])c1. The van der Waals surface area contributed by atoms with Crippen LogP contribution in [0.4, 0.5) is 5.69 Å².